The van der Waals surface area contributed by atoms with E-state index in [0.717, 1.165) is 28.0 Å². The van der Waals surface area contributed by atoms with E-state index in [2.05, 4.69) is 21.2 Å². The van der Waals surface area contributed by atoms with Crippen LogP contribution in [0.5, 0.6) is 0 Å². The van der Waals surface area contributed by atoms with Crippen LogP contribution in [-0.4, -0.2) is 59.1 Å². The number of carbonyl (C=O) groups is 1. The summed E-state index contributed by atoms with van der Waals surface area (Å²) in [5.41, 5.74) is 4.17. The van der Waals surface area contributed by atoms with Crippen molar-refractivity contribution in [3.63, 3.8) is 0 Å². The molecule has 1 saturated carbocycles. The van der Waals surface area contributed by atoms with Crippen molar-refractivity contribution >= 4 is 33.2 Å². The van der Waals surface area contributed by atoms with Crippen molar-refractivity contribution in [3.8, 4) is 12.3 Å². The molecule has 0 unspecified atom stereocenters. The number of ketones is 1. The molecular weight excluding hydrogens is 540 g/mol. The zero-order valence-electron chi connectivity index (χ0n) is 21.1. The lowest BCUT2D eigenvalue weighted by molar-refractivity contribution is 0.0697. The molecule has 4 atom stereocenters. The van der Waals surface area contributed by atoms with Crippen LogP contribution in [0.3, 0.4) is 0 Å². The summed E-state index contributed by atoms with van der Waals surface area (Å²) >= 11 is 1.37. The molecule has 3 aromatic rings. The van der Waals surface area contributed by atoms with Gasteiger partial charge in [0.05, 0.1) is 23.2 Å². The Morgan fingerprint density at radius 3 is 2.87 bits per heavy atom. The number of rotatable bonds is 8. The molecule has 1 aromatic carbocycles. The molecule has 0 saturated heterocycles. The number of terminal acetylenes is 1. The van der Waals surface area contributed by atoms with Gasteiger partial charge in [-0.1, -0.05) is 12.0 Å². The second kappa shape index (κ2) is 11.1. The van der Waals surface area contributed by atoms with Gasteiger partial charge in [0.25, 0.3) is 0 Å². The molecular formula is C27H28N4O6S2. The number of hydrogen-bond donors (Lipinski definition) is 4. The minimum absolute atomic E-state index is 0.0970. The predicted molar refractivity (Wildman–Crippen MR) is 146 cm³/mol. The zero-order valence-corrected chi connectivity index (χ0v) is 22.8. The summed E-state index contributed by atoms with van der Waals surface area (Å²) in [6.07, 6.45) is 8.86. The molecule has 0 bridgehead atoms. The van der Waals surface area contributed by atoms with Gasteiger partial charge in [0, 0.05) is 35.1 Å². The molecule has 2 aliphatic rings. The molecule has 5 rings (SSSR count). The van der Waals surface area contributed by atoms with Crippen molar-refractivity contribution in [1.29, 1.82) is 0 Å². The van der Waals surface area contributed by atoms with Crippen LogP contribution in [0.15, 0.2) is 36.8 Å². The second-order valence-electron chi connectivity index (χ2n) is 9.76. The number of anilines is 1. The largest absolute Gasteiger partial charge is 0.393 e. The van der Waals surface area contributed by atoms with E-state index in [1.807, 2.05) is 35.9 Å². The molecule has 10 nitrogen and oxygen atoms in total. The Kier molecular flexibility index (Phi) is 7.82. The van der Waals surface area contributed by atoms with Gasteiger partial charge in [-0.15, -0.1) is 17.8 Å². The first-order chi connectivity index (χ1) is 18.6. The maximum absolute atomic E-state index is 13.6. The lowest BCUT2D eigenvalue weighted by Gasteiger charge is -2.26. The van der Waals surface area contributed by atoms with E-state index in [-0.39, 0.29) is 24.5 Å². The highest BCUT2D eigenvalue weighted by molar-refractivity contribution is 7.83. The molecule has 0 spiro atoms. The molecule has 1 fully saturated rings. The fourth-order valence-electron chi connectivity index (χ4n) is 5.25. The van der Waals surface area contributed by atoms with Gasteiger partial charge < -0.3 is 15.2 Å². The normalized spacial score (nSPS) is 22.7. The summed E-state index contributed by atoms with van der Waals surface area (Å²) in [6.45, 7) is 2.43. The standard InChI is InChI=1S/C27H28N4O6S2/c1-3-16-4-5-17-6-7-37-26(21(17)8-16)20-11-24(38-15(20)2)25(33)22-13-28-14-29-27(22)31-19-9-18(23(32)10-19)12-30-39(34,35)36/h1,4-5,8,11,13-14,18-19,23,26,30,32H,6-7,9-10,12H2,2H3,(H,28,29,31)(H,34,35,36)/t18-,19-,23+,26-/m1/s1. The van der Waals surface area contributed by atoms with Gasteiger partial charge in [0.1, 0.15) is 18.2 Å². The van der Waals surface area contributed by atoms with Crippen molar-refractivity contribution in [1.82, 2.24) is 14.7 Å². The number of ether oxygens (including phenoxy) is 1. The zero-order chi connectivity index (χ0) is 27.7. The van der Waals surface area contributed by atoms with Crippen LogP contribution in [0.2, 0.25) is 0 Å². The number of benzene rings is 1. The van der Waals surface area contributed by atoms with Gasteiger partial charge >= 0.3 is 10.3 Å². The fraction of sp³-hybridized carbons (Fsp3) is 0.370. The first-order valence-corrected chi connectivity index (χ1v) is 14.7. The average Bonchev–Trinajstić information content (AvgIpc) is 3.47. The second-order valence-corrected chi connectivity index (χ2v) is 12.3. The average molecular weight is 569 g/mol. The van der Waals surface area contributed by atoms with E-state index in [1.54, 1.807) is 0 Å². The highest BCUT2D eigenvalue weighted by Gasteiger charge is 2.34. The summed E-state index contributed by atoms with van der Waals surface area (Å²) in [6, 6.07) is 7.54. The monoisotopic (exact) mass is 568 g/mol. The number of aliphatic hydroxyl groups is 1. The van der Waals surface area contributed by atoms with Crippen LogP contribution in [0.4, 0.5) is 5.82 Å². The number of hydrogen-bond acceptors (Lipinski definition) is 9. The summed E-state index contributed by atoms with van der Waals surface area (Å²) in [5.74, 6) is 2.37. The van der Waals surface area contributed by atoms with Gasteiger partial charge in [-0.3, -0.25) is 9.35 Å². The number of carbonyl (C=O) groups excluding carboxylic acids is 1. The van der Waals surface area contributed by atoms with Crippen LogP contribution < -0.4 is 10.0 Å². The minimum Gasteiger partial charge on any atom is -0.393 e. The maximum atomic E-state index is 13.6. The first kappa shape index (κ1) is 27.4. The topological polar surface area (TPSA) is 151 Å². The summed E-state index contributed by atoms with van der Waals surface area (Å²) in [5, 5.41) is 13.6. The van der Waals surface area contributed by atoms with Gasteiger partial charge in [-0.2, -0.15) is 13.1 Å². The molecule has 0 amide bonds. The molecule has 12 heteroatoms. The Morgan fingerprint density at radius 2 is 2.10 bits per heavy atom. The van der Waals surface area contributed by atoms with E-state index in [0.29, 0.717) is 35.7 Å². The van der Waals surface area contributed by atoms with Crippen LogP contribution in [0.25, 0.3) is 0 Å². The number of aryl methyl sites for hydroxylation is 1. The Bertz CT molecular complexity index is 1550. The molecule has 0 radical (unpaired) electrons. The maximum Gasteiger partial charge on any atom is 0.333 e. The van der Waals surface area contributed by atoms with E-state index in [9.17, 15) is 18.3 Å². The van der Waals surface area contributed by atoms with Gasteiger partial charge in [-0.25, -0.2) is 9.97 Å². The van der Waals surface area contributed by atoms with Gasteiger partial charge in [-0.05, 0) is 61.1 Å². The smallest absolute Gasteiger partial charge is 0.333 e. The highest BCUT2D eigenvalue weighted by atomic mass is 32.2. The number of nitrogens with one attached hydrogen (secondary N) is 2. The third kappa shape index (κ3) is 6.04. The summed E-state index contributed by atoms with van der Waals surface area (Å²) in [7, 11) is -4.35. The van der Waals surface area contributed by atoms with E-state index >= 15 is 0 Å². The number of nitrogens with zero attached hydrogens (tertiary/aromatic N) is 2. The molecule has 1 aliphatic heterocycles. The summed E-state index contributed by atoms with van der Waals surface area (Å²) in [4.78, 5) is 23.5. The molecule has 1 aliphatic carbocycles. The van der Waals surface area contributed by atoms with Crippen LogP contribution in [-0.2, 0) is 21.5 Å². The fourth-order valence-corrected chi connectivity index (χ4v) is 6.67. The molecule has 2 aromatic heterocycles. The third-order valence-electron chi connectivity index (χ3n) is 7.20. The molecule has 204 valence electrons. The number of aromatic nitrogens is 2. The molecule has 3 heterocycles. The Balaban J connectivity index is 1.36. The van der Waals surface area contributed by atoms with Crippen molar-refractivity contribution < 1.29 is 27.6 Å². The Morgan fingerprint density at radius 1 is 1.28 bits per heavy atom. The van der Waals surface area contributed by atoms with Gasteiger partial charge in [0.15, 0.2) is 0 Å². The van der Waals surface area contributed by atoms with Gasteiger partial charge in [0.2, 0.25) is 5.78 Å². The number of thiophene rings is 1. The number of aliphatic hydroxyl groups excluding tert-OH is 1. The van der Waals surface area contributed by atoms with Crippen LogP contribution in [0.1, 0.15) is 61.3 Å². The number of fused-ring (bicyclic) bond motifs is 1. The Hall–Kier alpha value is -3.18. The quantitative estimate of drug-likeness (QED) is 0.183. The van der Waals surface area contributed by atoms with Crippen molar-refractivity contribution in [3.05, 3.63) is 74.4 Å². The van der Waals surface area contributed by atoms with Crippen LogP contribution >= 0.6 is 11.3 Å². The highest BCUT2D eigenvalue weighted by Crippen LogP contribution is 2.39. The molecule has 39 heavy (non-hydrogen) atoms. The Labute approximate surface area is 230 Å². The van der Waals surface area contributed by atoms with Crippen LogP contribution in [0, 0.1) is 25.2 Å². The lowest BCUT2D eigenvalue weighted by Crippen LogP contribution is -2.32. The van der Waals surface area contributed by atoms with Crippen molar-refractivity contribution in [2.75, 3.05) is 18.5 Å². The first-order valence-electron chi connectivity index (χ1n) is 12.5. The minimum atomic E-state index is -4.35. The van der Waals surface area contributed by atoms with Crippen molar-refractivity contribution in [2.45, 2.75) is 44.4 Å². The van der Waals surface area contributed by atoms with E-state index in [1.165, 1.54) is 29.4 Å². The summed E-state index contributed by atoms with van der Waals surface area (Å²) < 4.78 is 39.1. The third-order valence-corrected chi connectivity index (χ3v) is 8.79. The lowest BCUT2D eigenvalue weighted by atomic mass is 9.91. The van der Waals surface area contributed by atoms with E-state index in [4.69, 9.17) is 15.7 Å². The van der Waals surface area contributed by atoms with Crippen molar-refractivity contribution in [2.24, 2.45) is 5.92 Å². The SMILES string of the molecule is C#Cc1ccc2c(c1)[C@@H](c1cc(C(=O)c3cncnc3N[C@@H]3C[C@H](CNS(=O)(=O)O)[C@@H](O)C3)sc1C)OCC2. The van der Waals surface area contributed by atoms with E-state index < -0.39 is 22.3 Å². The molecule has 4 N–H and O–H groups in total. The predicted octanol–water partition coefficient (Wildman–Crippen LogP) is 2.66.